The predicted octanol–water partition coefficient (Wildman–Crippen LogP) is 5.15. The molecule has 4 aromatic rings. The van der Waals surface area contributed by atoms with Crippen LogP contribution in [0.4, 0.5) is 27.9 Å². The highest BCUT2D eigenvalue weighted by molar-refractivity contribution is 6.34. The summed E-state index contributed by atoms with van der Waals surface area (Å²) in [5.74, 6) is 1.04. The summed E-state index contributed by atoms with van der Waals surface area (Å²) in [5, 5.41) is 3.27. The van der Waals surface area contributed by atoms with Gasteiger partial charge in [0.05, 0.1) is 17.3 Å². The van der Waals surface area contributed by atoms with Crippen molar-refractivity contribution in [3.8, 4) is 16.9 Å². The number of carbonyl (C=O) groups is 2. The van der Waals surface area contributed by atoms with E-state index in [2.05, 4.69) is 20.2 Å². The summed E-state index contributed by atoms with van der Waals surface area (Å²) in [7, 11) is 5.62. The van der Waals surface area contributed by atoms with E-state index in [1.807, 2.05) is 50.5 Å². The van der Waals surface area contributed by atoms with E-state index in [1.165, 1.54) is 9.80 Å². The highest BCUT2D eigenvalue weighted by Crippen LogP contribution is 2.35. The maximum Gasteiger partial charge on any atom is 0.330 e. The van der Waals surface area contributed by atoms with Crippen molar-refractivity contribution < 1.29 is 14.3 Å². The number of benzene rings is 3. The summed E-state index contributed by atoms with van der Waals surface area (Å²) in [4.78, 5) is 39.4. The van der Waals surface area contributed by atoms with Crippen molar-refractivity contribution in [1.29, 1.82) is 0 Å². The van der Waals surface area contributed by atoms with Gasteiger partial charge in [0, 0.05) is 36.6 Å². The maximum absolute atomic E-state index is 13.2. The van der Waals surface area contributed by atoms with E-state index in [0.29, 0.717) is 34.4 Å². The van der Waals surface area contributed by atoms with Crippen LogP contribution in [0.2, 0.25) is 5.02 Å². The van der Waals surface area contributed by atoms with Crippen LogP contribution in [0.25, 0.3) is 11.1 Å². The molecule has 0 unspecified atom stereocenters. The van der Waals surface area contributed by atoms with Crippen LogP contribution < -0.4 is 25.6 Å². The third kappa shape index (κ3) is 6.24. The van der Waals surface area contributed by atoms with Crippen LogP contribution in [-0.2, 0) is 6.54 Å². The Bertz CT molecular complexity index is 1590. The second-order valence-corrected chi connectivity index (χ2v) is 10.3. The van der Waals surface area contributed by atoms with E-state index in [9.17, 15) is 9.59 Å². The average Bonchev–Trinajstić information content (AvgIpc) is 2.96. The Labute approximate surface area is 243 Å². The molecule has 0 atom stereocenters. The molecule has 1 aliphatic heterocycles. The Hall–Kier alpha value is -4.67. The van der Waals surface area contributed by atoms with Gasteiger partial charge < -0.3 is 20.7 Å². The summed E-state index contributed by atoms with van der Waals surface area (Å²) >= 11 is 6.49. The first-order chi connectivity index (χ1) is 19.7. The zero-order chi connectivity index (χ0) is 29.1. The van der Waals surface area contributed by atoms with Crippen LogP contribution in [0.15, 0.2) is 72.9 Å². The van der Waals surface area contributed by atoms with Crippen LogP contribution in [0, 0.1) is 0 Å². The second-order valence-electron chi connectivity index (χ2n) is 9.88. The zero-order valence-electron chi connectivity index (χ0n) is 23.0. The summed E-state index contributed by atoms with van der Waals surface area (Å²) in [6, 6.07) is 19.9. The number of nitrogen functional groups attached to an aromatic ring is 1. The number of nitrogens with zero attached hydrogens (tertiary/aromatic N) is 5. The van der Waals surface area contributed by atoms with Gasteiger partial charge in [-0.15, -0.1) is 0 Å². The van der Waals surface area contributed by atoms with Gasteiger partial charge in [-0.3, -0.25) is 14.6 Å². The summed E-state index contributed by atoms with van der Waals surface area (Å²) in [6.45, 7) is 1.63. The average molecular weight is 572 g/mol. The van der Waals surface area contributed by atoms with E-state index in [4.69, 9.17) is 22.1 Å². The molecule has 3 N–H and O–H groups in total. The Morgan fingerprint density at radius 3 is 2.63 bits per heavy atom. The van der Waals surface area contributed by atoms with Crippen molar-refractivity contribution in [2.45, 2.75) is 6.54 Å². The summed E-state index contributed by atoms with van der Waals surface area (Å²) in [6.07, 6.45) is 1.59. The van der Waals surface area contributed by atoms with Gasteiger partial charge in [-0.05, 0) is 67.7 Å². The lowest BCUT2D eigenvalue weighted by Gasteiger charge is -2.34. The number of nitrogens with two attached hydrogens (primary N) is 1. The van der Waals surface area contributed by atoms with Crippen LogP contribution in [0.5, 0.6) is 5.75 Å². The number of ether oxygens (including phenoxy) is 1. The molecular formula is C30H30ClN7O3. The molecule has 3 aromatic carbocycles. The van der Waals surface area contributed by atoms with E-state index < -0.39 is 0 Å². The number of halogens is 1. The molecule has 5 rings (SSSR count). The Balaban J connectivity index is 1.30. The van der Waals surface area contributed by atoms with Gasteiger partial charge in [-0.2, -0.15) is 4.98 Å². The minimum absolute atomic E-state index is 0.0887. The molecule has 10 nitrogen and oxygen atoms in total. The first-order valence-corrected chi connectivity index (χ1v) is 13.3. The van der Waals surface area contributed by atoms with Crippen molar-refractivity contribution >= 4 is 46.7 Å². The fourth-order valence-corrected chi connectivity index (χ4v) is 4.66. The molecule has 210 valence electrons. The van der Waals surface area contributed by atoms with Crippen molar-refractivity contribution in [2.24, 2.45) is 0 Å². The highest BCUT2D eigenvalue weighted by Gasteiger charge is 2.31. The van der Waals surface area contributed by atoms with Crippen molar-refractivity contribution in [2.75, 3.05) is 55.1 Å². The van der Waals surface area contributed by atoms with Crippen molar-refractivity contribution in [3.05, 3.63) is 89.1 Å². The second kappa shape index (κ2) is 11.8. The molecule has 0 saturated heterocycles. The lowest BCUT2D eigenvalue weighted by Crippen LogP contribution is -2.46. The molecule has 0 aliphatic carbocycles. The fourth-order valence-electron chi connectivity index (χ4n) is 4.44. The molecule has 0 spiro atoms. The zero-order valence-corrected chi connectivity index (χ0v) is 23.7. The number of urea groups is 1. The van der Waals surface area contributed by atoms with Gasteiger partial charge in [0.2, 0.25) is 5.95 Å². The number of amides is 3. The number of likely N-dealkylation sites (N-methyl/N-ethyl adjacent to an activating group) is 1. The number of fused-ring (bicyclic) bond motifs is 1. The molecule has 41 heavy (non-hydrogen) atoms. The van der Waals surface area contributed by atoms with Gasteiger partial charge in [0.1, 0.15) is 18.2 Å². The largest absolute Gasteiger partial charge is 0.492 e. The smallest absolute Gasteiger partial charge is 0.330 e. The van der Waals surface area contributed by atoms with Crippen molar-refractivity contribution in [1.82, 2.24) is 14.9 Å². The van der Waals surface area contributed by atoms with Gasteiger partial charge in [0.25, 0.3) is 5.91 Å². The minimum atomic E-state index is -0.330. The molecule has 0 fully saturated rings. The minimum Gasteiger partial charge on any atom is -0.492 e. The number of hydrogen-bond donors (Lipinski definition) is 2. The van der Waals surface area contributed by atoms with Gasteiger partial charge in [0.15, 0.2) is 0 Å². The predicted molar refractivity (Wildman–Crippen MR) is 162 cm³/mol. The van der Waals surface area contributed by atoms with E-state index >= 15 is 0 Å². The quantitative estimate of drug-likeness (QED) is 0.300. The van der Waals surface area contributed by atoms with Crippen LogP contribution in [-0.4, -0.2) is 61.1 Å². The number of anilines is 4. The normalized spacial score (nSPS) is 12.9. The molecule has 0 radical (unpaired) electrons. The van der Waals surface area contributed by atoms with Gasteiger partial charge >= 0.3 is 6.03 Å². The standard InChI is InChI=1S/C30H30ClN7O3/c1-36(2)13-14-41-24-6-4-5-21(15-24)19-7-9-20(10-8-19)28(39)34-23-11-12-25(31)26(16-23)38-18-22-17-33-29(32)35-27(22)37(3)30(38)40/h4-12,15-17H,13-14,18H2,1-3H3,(H,34,39)(H2,32,33,35). The van der Waals surface area contributed by atoms with Crippen LogP contribution in [0.3, 0.4) is 0 Å². The lowest BCUT2D eigenvalue weighted by molar-refractivity contribution is 0.102. The van der Waals surface area contributed by atoms with Gasteiger partial charge in [-0.25, -0.2) is 9.78 Å². The molecule has 11 heteroatoms. The van der Waals surface area contributed by atoms with E-state index in [-0.39, 0.29) is 24.4 Å². The number of hydrogen-bond acceptors (Lipinski definition) is 7. The van der Waals surface area contributed by atoms with Crippen LogP contribution >= 0.6 is 11.6 Å². The molecule has 0 saturated carbocycles. The molecule has 2 heterocycles. The maximum atomic E-state index is 13.2. The third-order valence-corrected chi connectivity index (χ3v) is 6.96. The summed E-state index contributed by atoms with van der Waals surface area (Å²) < 4.78 is 5.85. The third-order valence-electron chi connectivity index (χ3n) is 6.64. The highest BCUT2D eigenvalue weighted by atomic mass is 35.5. The van der Waals surface area contributed by atoms with E-state index in [1.54, 1.807) is 43.6 Å². The topological polar surface area (TPSA) is 117 Å². The number of nitrogens with one attached hydrogen (secondary N) is 1. The van der Waals surface area contributed by atoms with Gasteiger partial charge in [-0.1, -0.05) is 35.9 Å². The number of rotatable bonds is 8. The lowest BCUT2D eigenvalue weighted by atomic mass is 10.0. The SMILES string of the molecule is CN(C)CCOc1cccc(-c2ccc(C(=O)Nc3ccc(Cl)c(N4Cc5cnc(N)nc5N(C)C4=O)c3)cc2)c1. The first-order valence-electron chi connectivity index (χ1n) is 12.9. The van der Waals surface area contributed by atoms with E-state index in [0.717, 1.165) is 29.0 Å². The van der Waals surface area contributed by atoms with Crippen LogP contribution in [0.1, 0.15) is 15.9 Å². The number of aromatic nitrogens is 2. The molecule has 1 aliphatic rings. The number of carbonyl (C=O) groups excluding carboxylic acids is 2. The molecular weight excluding hydrogens is 542 g/mol. The first kappa shape index (κ1) is 27.9. The molecule has 0 bridgehead atoms. The fraction of sp³-hybridized carbons (Fsp3) is 0.200. The molecule has 1 aromatic heterocycles. The Morgan fingerprint density at radius 2 is 1.88 bits per heavy atom. The molecule has 3 amide bonds. The summed E-state index contributed by atoms with van der Waals surface area (Å²) in [5.41, 5.74) is 9.81. The van der Waals surface area contributed by atoms with Crippen molar-refractivity contribution in [3.63, 3.8) is 0 Å². The Kier molecular flexibility index (Phi) is 8.04. The monoisotopic (exact) mass is 571 g/mol. The Morgan fingerprint density at radius 1 is 1.10 bits per heavy atom.